The summed E-state index contributed by atoms with van der Waals surface area (Å²) >= 11 is 3.30. The molecule has 0 radical (unpaired) electrons. The largest absolute Gasteiger partial charge is 0.359 e. The van der Waals surface area contributed by atoms with Gasteiger partial charge < -0.3 is 4.52 Å². The van der Waals surface area contributed by atoms with Gasteiger partial charge in [0.1, 0.15) is 4.60 Å². The van der Waals surface area contributed by atoms with E-state index in [9.17, 15) is 0 Å². The molecule has 1 unspecified atom stereocenters. The van der Waals surface area contributed by atoms with Gasteiger partial charge in [0.25, 0.3) is 0 Å². The first-order valence-corrected chi connectivity index (χ1v) is 6.31. The summed E-state index contributed by atoms with van der Waals surface area (Å²) in [4.78, 5) is 2.50. The molecule has 0 aromatic carbocycles. The Labute approximate surface area is 98.9 Å². The molecule has 2 heterocycles. The third kappa shape index (κ3) is 2.61. The Bertz CT molecular complexity index is 324. The minimum Gasteiger partial charge on any atom is -0.359 e. The van der Waals surface area contributed by atoms with Crippen LogP contribution in [0.3, 0.4) is 0 Å². The smallest absolute Gasteiger partial charge is 0.151 e. The highest BCUT2D eigenvalue weighted by molar-refractivity contribution is 9.10. The highest BCUT2D eigenvalue weighted by atomic mass is 79.9. The highest BCUT2D eigenvalue weighted by Crippen LogP contribution is 2.25. The maximum absolute atomic E-state index is 5.22. The summed E-state index contributed by atoms with van der Waals surface area (Å²) in [5, 5.41) is 3.84. The molecule has 1 aromatic rings. The molecule has 1 atom stereocenters. The lowest BCUT2D eigenvalue weighted by Crippen LogP contribution is -2.32. The van der Waals surface area contributed by atoms with Crippen LogP contribution < -0.4 is 0 Å². The lowest BCUT2D eigenvalue weighted by atomic mass is 10.0. The van der Waals surface area contributed by atoms with Gasteiger partial charge in [-0.1, -0.05) is 19.0 Å². The molecule has 0 N–H and O–H groups in total. The fourth-order valence-electron chi connectivity index (χ4n) is 2.37. The number of aromatic nitrogens is 1. The summed E-state index contributed by atoms with van der Waals surface area (Å²) in [7, 11) is 0. The highest BCUT2D eigenvalue weighted by Gasteiger charge is 2.27. The van der Waals surface area contributed by atoms with Crippen molar-refractivity contribution in [3.8, 4) is 0 Å². The Morgan fingerprint density at radius 1 is 1.67 bits per heavy atom. The van der Waals surface area contributed by atoms with E-state index in [1.807, 2.05) is 6.07 Å². The van der Waals surface area contributed by atoms with E-state index in [1.54, 1.807) is 0 Å². The molecule has 1 aliphatic rings. The summed E-state index contributed by atoms with van der Waals surface area (Å²) in [6.45, 7) is 6.65. The predicted molar refractivity (Wildman–Crippen MR) is 62.5 cm³/mol. The lowest BCUT2D eigenvalue weighted by molar-refractivity contribution is 0.178. The Morgan fingerprint density at radius 3 is 3.07 bits per heavy atom. The summed E-state index contributed by atoms with van der Waals surface area (Å²) in [5.41, 5.74) is 0. The standard InChI is InChI=1S/C11H17BrN2O/c1-8(2)10-4-3-5-14(10)7-9-6-11(12)13-15-9/h6,8,10H,3-5,7H2,1-2H3. The van der Waals surface area contributed by atoms with E-state index in [2.05, 4.69) is 39.8 Å². The quantitative estimate of drug-likeness (QED) is 0.847. The first kappa shape index (κ1) is 11.1. The van der Waals surface area contributed by atoms with Crippen molar-refractivity contribution in [3.63, 3.8) is 0 Å². The van der Waals surface area contributed by atoms with Crippen LogP contribution in [0.25, 0.3) is 0 Å². The van der Waals surface area contributed by atoms with Crippen LogP contribution in [-0.2, 0) is 6.54 Å². The summed E-state index contributed by atoms with van der Waals surface area (Å²) in [6, 6.07) is 2.66. The zero-order valence-electron chi connectivity index (χ0n) is 9.24. The minimum atomic E-state index is 0.703. The first-order valence-electron chi connectivity index (χ1n) is 5.52. The average Bonchev–Trinajstić information content (AvgIpc) is 2.75. The monoisotopic (exact) mass is 272 g/mol. The molecule has 0 bridgehead atoms. The number of nitrogens with zero attached hydrogens (tertiary/aromatic N) is 2. The van der Waals surface area contributed by atoms with Crippen molar-refractivity contribution in [2.75, 3.05) is 6.54 Å². The van der Waals surface area contributed by atoms with E-state index >= 15 is 0 Å². The maximum Gasteiger partial charge on any atom is 0.151 e. The molecule has 15 heavy (non-hydrogen) atoms. The molecule has 1 aliphatic heterocycles. The van der Waals surface area contributed by atoms with Gasteiger partial charge in [0.05, 0.1) is 6.54 Å². The second-order valence-electron chi connectivity index (χ2n) is 4.54. The van der Waals surface area contributed by atoms with Crippen molar-refractivity contribution < 1.29 is 4.52 Å². The van der Waals surface area contributed by atoms with Crippen molar-refractivity contribution in [1.29, 1.82) is 0 Å². The van der Waals surface area contributed by atoms with Gasteiger partial charge in [-0.3, -0.25) is 4.90 Å². The van der Waals surface area contributed by atoms with E-state index in [-0.39, 0.29) is 0 Å². The van der Waals surface area contributed by atoms with Crippen molar-refractivity contribution >= 4 is 15.9 Å². The van der Waals surface area contributed by atoms with Gasteiger partial charge in [0.15, 0.2) is 5.76 Å². The number of hydrogen-bond acceptors (Lipinski definition) is 3. The molecular formula is C11H17BrN2O. The van der Waals surface area contributed by atoms with Gasteiger partial charge >= 0.3 is 0 Å². The Kier molecular flexibility index (Phi) is 3.46. The molecular weight excluding hydrogens is 256 g/mol. The number of rotatable bonds is 3. The Morgan fingerprint density at radius 2 is 2.47 bits per heavy atom. The summed E-state index contributed by atoms with van der Waals surface area (Å²) < 4.78 is 6.01. The second-order valence-corrected chi connectivity index (χ2v) is 5.35. The van der Waals surface area contributed by atoms with Crippen LogP contribution in [0.5, 0.6) is 0 Å². The van der Waals surface area contributed by atoms with Crippen molar-refractivity contribution in [2.45, 2.75) is 39.3 Å². The first-order chi connectivity index (χ1) is 7.16. The molecule has 0 amide bonds. The van der Waals surface area contributed by atoms with Crippen LogP contribution >= 0.6 is 15.9 Å². The van der Waals surface area contributed by atoms with E-state index in [4.69, 9.17) is 4.52 Å². The average molecular weight is 273 g/mol. The molecule has 3 nitrogen and oxygen atoms in total. The molecule has 1 saturated heterocycles. The van der Waals surface area contributed by atoms with Crippen LogP contribution in [0.2, 0.25) is 0 Å². The summed E-state index contributed by atoms with van der Waals surface area (Å²) in [5.74, 6) is 1.67. The third-order valence-corrected chi connectivity index (χ3v) is 3.45. The van der Waals surface area contributed by atoms with Crippen molar-refractivity contribution in [1.82, 2.24) is 10.1 Å². The van der Waals surface area contributed by atoms with Gasteiger partial charge in [-0.15, -0.1) is 0 Å². The maximum atomic E-state index is 5.22. The fraction of sp³-hybridized carbons (Fsp3) is 0.727. The molecule has 84 valence electrons. The van der Waals surface area contributed by atoms with E-state index < -0.39 is 0 Å². The topological polar surface area (TPSA) is 29.3 Å². The van der Waals surface area contributed by atoms with E-state index in [0.717, 1.165) is 22.8 Å². The number of hydrogen-bond donors (Lipinski definition) is 0. The van der Waals surface area contributed by atoms with Gasteiger partial charge in [-0.05, 0) is 41.2 Å². The SMILES string of the molecule is CC(C)C1CCCN1Cc1cc(Br)no1. The molecule has 4 heteroatoms. The summed E-state index contributed by atoms with van der Waals surface area (Å²) in [6.07, 6.45) is 2.62. The zero-order valence-corrected chi connectivity index (χ0v) is 10.8. The van der Waals surface area contributed by atoms with Crippen molar-refractivity contribution in [2.24, 2.45) is 5.92 Å². The van der Waals surface area contributed by atoms with Gasteiger partial charge in [0.2, 0.25) is 0 Å². The molecule has 1 fully saturated rings. The van der Waals surface area contributed by atoms with Crippen LogP contribution in [0.4, 0.5) is 0 Å². The molecule has 2 rings (SSSR count). The fourth-order valence-corrected chi connectivity index (χ4v) is 2.69. The van der Waals surface area contributed by atoms with Crippen LogP contribution in [-0.4, -0.2) is 22.6 Å². The Balaban J connectivity index is 1.99. The lowest BCUT2D eigenvalue weighted by Gasteiger charge is -2.26. The number of likely N-dealkylation sites (tertiary alicyclic amines) is 1. The number of halogens is 1. The van der Waals surface area contributed by atoms with Crippen LogP contribution in [0.15, 0.2) is 15.2 Å². The van der Waals surface area contributed by atoms with Crippen LogP contribution in [0, 0.1) is 5.92 Å². The molecule has 0 aliphatic carbocycles. The van der Waals surface area contributed by atoms with E-state index in [1.165, 1.54) is 19.4 Å². The van der Waals surface area contributed by atoms with Crippen LogP contribution in [0.1, 0.15) is 32.4 Å². The van der Waals surface area contributed by atoms with Gasteiger partial charge in [-0.25, -0.2) is 0 Å². The van der Waals surface area contributed by atoms with E-state index in [0.29, 0.717) is 6.04 Å². The molecule has 1 aromatic heterocycles. The van der Waals surface area contributed by atoms with Crippen molar-refractivity contribution in [3.05, 3.63) is 16.4 Å². The van der Waals surface area contributed by atoms with Gasteiger partial charge in [0, 0.05) is 12.1 Å². The zero-order chi connectivity index (χ0) is 10.8. The Hall–Kier alpha value is -0.350. The predicted octanol–water partition coefficient (Wildman–Crippen LogP) is 3.06. The second kappa shape index (κ2) is 4.66. The van der Waals surface area contributed by atoms with Gasteiger partial charge in [-0.2, -0.15) is 0 Å². The normalized spacial score (nSPS) is 22.8. The molecule has 0 spiro atoms. The minimum absolute atomic E-state index is 0.703. The third-order valence-electron chi connectivity index (χ3n) is 3.07. The molecule has 0 saturated carbocycles.